The van der Waals surface area contributed by atoms with Crippen molar-refractivity contribution < 1.29 is 9.18 Å². The largest absolute Gasteiger partial charge is 0.323 e. The smallest absolute Gasteiger partial charge is 0.308 e. The Kier molecular flexibility index (Phi) is 4.85. The quantitative estimate of drug-likeness (QED) is 0.651. The predicted molar refractivity (Wildman–Crippen MR) is 100 cm³/mol. The molecule has 0 fully saturated rings. The van der Waals surface area contributed by atoms with E-state index in [-0.39, 0.29) is 6.03 Å². The predicted octanol–water partition coefficient (Wildman–Crippen LogP) is 4.94. The van der Waals surface area contributed by atoms with Gasteiger partial charge in [0.2, 0.25) is 0 Å². The third-order valence-corrected chi connectivity index (χ3v) is 4.28. The molecule has 3 rings (SSSR count). The van der Waals surface area contributed by atoms with E-state index in [0.717, 1.165) is 10.0 Å². The molecule has 0 aliphatic heterocycles. The van der Waals surface area contributed by atoms with Crippen LogP contribution in [-0.4, -0.2) is 15.8 Å². The van der Waals surface area contributed by atoms with Crippen LogP contribution in [0.3, 0.4) is 0 Å². The van der Waals surface area contributed by atoms with Gasteiger partial charge >= 0.3 is 6.03 Å². The highest BCUT2D eigenvalue weighted by Gasteiger charge is 2.14. The number of carbonyl (C=O) groups is 1. The Labute approximate surface area is 153 Å². The second kappa shape index (κ2) is 7.06. The first-order chi connectivity index (χ1) is 11.9. The van der Waals surface area contributed by atoms with Crippen molar-refractivity contribution in [2.45, 2.75) is 6.92 Å². The number of urea groups is 1. The van der Waals surface area contributed by atoms with E-state index in [1.54, 1.807) is 31.3 Å². The van der Waals surface area contributed by atoms with Crippen molar-refractivity contribution in [3.8, 4) is 11.3 Å². The molecule has 0 unspecified atom stereocenters. The molecule has 5 nitrogen and oxygen atoms in total. The SMILES string of the molecule is Cc1ccc(NC(=O)Nc2ccc(Br)cc2)cc1-c1c(F)cnn1C. The maximum atomic E-state index is 14.0. The van der Waals surface area contributed by atoms with Crippen LogP contribution in [0.15, 0.2) is 53.1 Å². The van der Waals surface area contributed by atoms with E-state index in [0.29, 0.717) is 22.6 Å². The molecule has 3 aromatic rings. The number of aryl methyl sites for hydroxylation is 2. The van der Waals surface area contributed by atoms with Gasteiger partial charge in [-0.1, -0.05) is 22.0 Å². The van der Waals surface area contributed by atoms with Gasteiger partial charge in [-0.05, 0) is 48.9 Å². The van der Waals surface area contributed by atoms with Gasteiger partial charge in [0.25, 0.3) is 0 Å². The summed E-state index contributed by atoms with van der Waals surface area (Å²) < 4.78 is 16.4. The lowest BCUT2D eigenvalue weighted by molar-refractivity contribution is 0.262. The lowest BCUT2D eigenvalue weighted by Gasteiger charge is -2.12. The number of hydrogen-bond donors (Lipinski definition) is 2. The minimum Gasteiger partial charge on any atom is -0.308 e. The molecule has 128 valence electrons. The Hall–Kier alpha value is -2.67. The summed E-state index contributed by atoms with van der Waals surface area (Å²) in [7, 11) is 1.68. The van der Waals surface area contributed by atoms with Crippen molar-refractivity contribution in [3.05, 3.63) is 64.5 Å². The molecule has 1 heterocycles. The summed E-state index contributed by atoms with van der Waals surface area (Å²) in [5.74, 6) is -0.401. The van der Waals surface area contributed by atoms with Gasteiger partial charge in [-0.2, -0.15) is 5.10 Å². The molecular weight excluding hydrogens is 387 g/mol. The molecule has 2 N–H and O–H groups in total. The van der Waals surface area contributed by atoms with E-state index in [1.165, 1.54) is 10.9 Å². The molecule has 0 saturated heterocycles. The van der Waals surface area contributed by atoms with Gasteiger partial charge < -0.3 is 10.6 Å². The number of aromatic nitrogens is 2. The van der Waals surface area contributed by atoms with Gasteiger partial charge in [0, 0.05) is 28.5 Å². The van der Waals surface area contributed by atoms with Crippen molar-refractivity contribution in [2.75, 3.05) is 10.6 Å². The molecule has 0 saturated carbocycles. The minimum absolute atomic E-state index is 0.373. The van der Waals surface area contributed by atoms with E-state index >= 15 is 0 Å². The van der Waals surface area contributed by atoms with E-state index in [1.807, 2.05) is 25.1 Å². The van der Waals surface area contributed by atoms with Gasteiger partial charge in [-0.25, -0.2) is 9.18 Å². The highest BCUT2D eigenvalue weighted by Crippen LogP contribution is 2.28. The summed E-state index contributed by atoms with van der Waals surface area (Å²) in [5.41, 5.74) is 3.19. The van der Waals surface area contributed by atoms with Gasteiger partial charge in [0.15, 0.2) is 5.82 Å². The molecule has 1 aromatic heterocycles. The summed E-state index contributed by atoms with van der Waals surface area (Å²) >= 11 is 3.34. The molecule has 2 aromatic carbocycles. The molecular formula is C18H16BrFN4O. The van der Waals surface area contributed by atoms with Crippen LogP contribution in [0.1, 0.15) is 5.56 Å². The average molecular weight is 403 g/mol. The summed E-state index contributed by atoms with van der Waals surface area (Å²) in [6.07, 6.45) is 1.18. The number of carbonyl (C=O) groups excluding carboxylic acids is 1. The zero-order chi connectivity index (χ0) is 18.0. The normalized spacial score (nSPS) is 10.6. The topological polar surface area (TPSA) is 59.0 Å². The third-order valence-electron chi connectivity index (χ3n) is 3.75. The third kappa shape index (κ3) is 3.88. The summed E-state index contributed by atoms with van der Waals surface area (Å²) in [5, 5.41) is 9.43. The Morgan fingerprint density at radius 3 is 2.40 bits per heavy atom. The molecule has 0 aliphatic carbocycles. The highest BCUT2D eigenvalue weighted by molar-refractivity contribution is 9.10. The van der Waals surface area contributed by atoms with Crippen molar-refractivity contribution in [1.29, 1.82) is 0 Å². The summed E-state index contributed by atoms with van der Waals surface area (Å²) in [6.45, 7) is 1.88. The van der Waals surface area contributed by atoms with Crippen LogP contribution in [0, 0.1) is 12.7 Å². The maximum absolute atomic E-state index is 14.0. The van der Waals surface area contributed by atoms with E-state index in [4.69, 9.17) is 0 Å². The number of nitrogens with one attached hydrogen (secondary N) is 2. The molecule has 0 spiro atoms. The fraction of sp³-hybridized carbons (Fsp3) is 0.111. The van der Waals surface area contributed by atoms with Crippen LogP contribution in [-0.2, 0) is 7.05 Å². The molecule has 0 aliphatic rings. The molecule has 2 amide bonds. The highest BCUT2D eigenvalue weighted by atomic mass is 79.9. The number of anilines is 2. The molecule has 25 heavy (non-hydrogen) atoms. The molecule has 0 atom stereocenters. The number of nitrogens with zero attached hydrogens (tertiary/aromatic N) is 2. The monoisotopic (exact) mass is 402 g/mol. The zero-order valence-corrected chi connectivity index (χ0v) is 15.3. The van der Waals surface area contributed by atoms with Gasteiger partial charge in [0.05, 0.1) is 6.20 Å². The van der Waals surface area contributed by atoms with Crippen molar-refractivity contribution in [2.24, 2.45) is 7.05 Å². The zero-order valence-electron chi connectivity index (χ0n) is 13.7. The Morgan fingerprint density at radius 1 is 1.12 bits per heavy atom. The van der Waals surface area contributed by atoms with Crippen LogP contribution in [0.25, 0.3) is 11.3 Å². The van der Waals surface area contributed by atoms with Crippen LogP contribution in [0.5, 0.6) is 0 Å². The lowest BCUT2D eigenvalue weighted by Crippen LogP contribution is -2.19. The first kappa shape index (κ1) is 17.2. The maximum Gasteiger partial charge on any atom is 0.323 e. The Bertz CT molecular complexity index is 902. The van der Waals surface area contributed by atoms with Crippen LogP contribution >= 0.6 is 15.9 Å². The first-order valence-corrected chi connectivity index (χ1v) is 8.35. The lowest BCUT2D eigenvalue weighted by atomic mass is 10.0. The number of hydrogen-bond acceptors (Lipinski definition) is 2. The fourth-order valence-electron chi connectivity index (χ4n) is 2.50. The van der Waals surface area contributed by atoms with Crippen LogP contribution in [0.4, 0.5) is 20.6 Å². The first-order valence-electron chi connectivity index (χ1n) is 7.56. The van der Waals surface area contributed by atoms with E-state index < -0.39 is 5.82 Å². The second-order valence-electron chi connectivity index (χ2n) is 5.58. The van der Waals surface area contributed by atoms with Gasteiger partial charge in [-0.3, -0.25) is 4.68 Å². The number of rotatable bonds is 3. The van der Waals surface area contributed by atoms with Crippen molar-refractivity contribution in [1.82, 2.24) is 9.78 Å². The summed E-state index contributed by atoms with van der Waals surface area (Å²) in [4.78, 5) is 12.2. The standard InChI is InChI=1S/C18H16BrFN4O/c1-11-3-6-14(9-15(11)17-16(20)10-21-24(17)2)23-18(25)22-13-7-4-12(19)5-8-13/h3-10H,1-2H3,(H2,22,23,25). The van der Waals surface area contributed by atoms with Gasteiger partial charge in [-0.15, -0.1) is 0 Å². The Balaban J connectivity index is 1.80. The Morgan fingerprint density at radius 2 is 1.76 bits per heavy atom. The molecule has 0 bridgehead atoms. The number of halogens is 2. The molecule has 0 radical (unpaired) electrons. The van der Waals surface area contributed by atoms with Crippen molar-refractivity contribution in [3.63, 3.8) is 0 Å². The van der Waals surface area contributed by atoms with E-state index in [2.05, 4.69) is 31.7 Å². The van der Waals surface area contributed by atoms with Gasteiger partial charge in [0.1, 0.15) is 5.69 Å². The minimum atomic E-state index is -0.401. The average Bonchev–Trinajstić information content (AvgIpc) is 2.90. The fourth-order valence-corrected chi connectivity index (χ4v) is 2.76. The van der Waals surface area contributed by atoms with Crippen LogP contribution in [0.2, 0.25) is 0 Å². The van der Waals surface area contributed by atoms with Crippen molar-refractivity contribution >= 4 is 33.3 Å². The van der Waals surface area contributed by atoms with Crippen LogP contribution < -0.4 is 10.6 Å². The summed E-state index contributed by atoms with van der Waals surface area (Å²) in [6, 6.07) is 12.2. The molecule has 7 heteroatoms. The number of benzene rings is 2. The number of amides is 2. The van der Waals surface area contributed by atoms with E-state index in [9.17, 15) is 9.18 Å². The second-order valence-corrected chi connectivity index (χ2v) is 6.50.